The molecular weight excluding hydrogens is 234 g/mol. The minimum absolute atomic E-state index is 0.306. The molecule has 1 unspecified atom stereocenters. The fourth-order valence-corrected chi connectivity index (χ4v) is 2.92. The van der Waals surface area contributed by atoms with Crippen molar-refractivity contribution < 1.29 is 4.74 Å². The van der Waals surface area contributed by atoms with E-state index in [1.54, 1.807) is 7.11 Å². The van der Waals surface area contributed by atoms with Crippen LogP contribution in [0.15, 0.2) is 36.4 Å². The highest BCUT2D eigenvalue weighted by atomic mass is 16.5. The minimum Gasteiger partial charge on any atom is -0.496 e. The second-order valence-corrected chi connectivity index (χ2v) is 5.19. The number of ether oxygens (including phenoxy) is 1. The Morgan fingerprint density at radius 2 is 1.84 bits per heavy atom. The lowest BCUT2D eigenvalue weighted by Crippen LogP contribution is -2.15. The normalized spacial score (nSPS) is 17.3. The zero-order valence-corrected chi connectivity index (χ0v) is 11.7. The van der Waals surface area contributed by atoms with E-state index in [4.69, 9.17) is 4.74 Å². The van der Waals surface area contributed by atoms with Gasteiger partial charge in [0.1, 0.15) is 5.75 Å². The van der Waals surface area contributed by atoms with Crippen LogP contribution in [0.25, 0.3) is 0 Å². The van der Waals surface area contributed by atoms with Gasteiger partial charge < -0.3 is 10.1 Å². The van der Waals surface area contributed by atoms with Gasteiger partial charge in [0, 0.05) is 6.54 Å². The maximum absolute atomic E-state index is 5.39. The van der Waals surface area contributed by atoms with E-state index >= 15 is 0 Å². The highest BCUT2D eigenvalue weighted by molar-refractivity contribution is 5.48. The summed E-state index contributed by atoms with van der Waals surface area (Å²) in [5.74, 6) is 0.965. The summed E-state index contributed by atoms with van der Waals surface area (Å²) < 4.78 is 5.39. The van der Waals surface area contributed by atoms with E-state index in [-0.39, 0.29) is 0 Å². The van der Waals surface area contributed by atoms with E-state index < -0.39 is 0 Å². The fraction of sp³-hybridized carbons (Fsp3) is 0.294. The molecule has 0 fully saturated rings. The van der Waals surface area contributed by atoms with Gasteiger partial charge in [-0.2, -0.15) is 0 Å². The number of methoxy groups -OCH3 is 1. The Balaban J connectivity index is 2.07. The van der Waals surface area contributed by atoms with Gasteiger partial charge in [-0.1, -0.05) is 30.3 Å². The van der Waals surface area contributed by atoms with E-state index in [1.165, 1.54) is 27.8 Å². The zero-order valence-electron chi connectivity index (χ0n) is 11.7. The van der Waals surface area contributed by atoms with Crippen molar-refractivity contribution in [3.8, 4) is 5.75 Å². The number of benzene rings is 2. The molecule has 2 aromatic carbocycles. The third kappa shape index (κ3) is 2.02. The Kier molecular flexibility index (Phi) is 3.03. The predicted octanol–water partition coefficient (Wildman–Crippen LogP) is 3.50. The molecule has 1 aliphatic rings. The standard InChI is InChI=1S/C17H19NO/c1-11-9-16(19-3)12(2)8-15(11)17-14-7-5-4-6-13(14)10-18-17/h4-9,17-18H,10H2,1-3H3. The number of nitrogens with one attached hydrogen (secondary N) is 1. The number of hydrogen-bond acceptors (Lipinski definition) is 2. The molecule has 0 bridgehead atoms. The predicted molar refractivity (Wildman–Crippen MR) is 77.6 cm³/mol. The van der Waals surface area contributed by atoms with Gasteiger partial charge in [-0.05, 0) is 47.7 Å². The van der Waals surface area contributed by atoms with Crippen molar-refractivity contribution in [1.82, 2.24) is 5.32 Å². The lowest BCUT2D eigenvalue weighted by molar-refractivity contribution is 0.411. The number of fused-ring (bicyclic) bond motifs is 1. The van der Waals surface area contributed by atoms with Crippen molar-refractivity contribution in [1.29, 1.82) is 0 Å². The van der Waals surface area contributed by atoms with Crippen LogP contribution < -0.4 is 10.1 Å². The van der Waals surface area contributed by atoms with Crippen molar-refractivity contribution in [2.75, 3.05) is 7.11 Å². The summed E-state index contributed by atoms with van der Waals surface area (Å²) in [7, 11) is 1.73. The molecule has 3 rings (SSSR count). The van der Waals surface area contributed by atoms with E-state index in [9.17, 15) is 0 Å². The van der Waals surface area contributed by atoms with Gasteiger partial charge in [-0.3, -0.25) is 0 Å². The summed E-state index contributed by atoms with van der Waals surface area (Å²) in [5.41, 5.74) is 6.62. The van der Waals surface area contributed by atoms with Crippen LogP contribution in [0.5, 0.6) is 5.75 Å². The molecule has 0 saturated carbocycles. The van der Waals surface area contributed by atoms with Crippen molar-refractivity contribution in [3.05, 3.63) is 64.2 Å². The lowest BCUT2D eigenvalue weighted by Gasteiger charge is -2.18. The van der Waals surface area contributed by atoms with Gasteiger partial charge in [0.25, 0.3) is 0 Å². The summed E-state index contributed by atoms with van der Waals surface area (Å²) >= 11 is 0. The van der Waals surface area contributed by atoms with E-state index in [0.29, 0.717) is 6.04 Å². The van der Waals surface area contributed by atoms with Gasteiger partial charge in [0.2, 0.25) is 0 Å². The molecule has 0 aliphatic carbocycles. The second-order valence-electron chi connectivity index (χ2n) is 5.19. The molecule has 0 saturated heterocycles. The third-order valence-corrected chi connectivity index (χ3v) is 3.96. The average Bonchev–Trinajstić information content (AvgIpc) is 2.84. The number of aryl methyl sites for hydroxylation is 2. The molecule has 0 radical (unpaired) electrons. The molecule has 98 valence electrons. The van der Waals surface area contributed by atoms with Crippen LogP contribution in [-0.2, 0) is 6.54 Å². The summed E-state index contributed by atoms with van der Waals surface area (Å²) in [4.78, 5) is 0. The maximum Gasteiger partial charge on any atom is 0.122 e. The van der Waals surface area contributed by atoms with Gasteiger partial charge in [0.15, 0.2) is 0 Å². The Morgan fingerprint density at radius 3 is 2.63 bits per heavy atom. The van der Waals surface area contributed by atoms with Crippen LogP contribution in [0.3, 0.4) is 0 Å². The molecule has 0 amide bonds. The third-order valence-electron chi connectivity index (χ3n) is 3.96. The molecule has 2 aromatic rings. The summed E-state index contributed by atoms with van der Waals surface area (Å²) in [6, 6.07) is 13.3. The molecule has 19 heavy (non-hydrogen) atoms. The first kappa shape index (κ1) is 12.2. The van der Waals surface area contributed by atoms with Crippen LogP contribution in [-0.4, -0.2) is 7.11 Å². The smallest absolute Gasteiger partial charge is 0.122 e. The SMILES string of the molecule is COc1cc(C)c(C2NCc3ccccc32)cc1C. The number of rotatable bonds is 2. The van der Waals surface area contributed by atoms with Crippen LogP contribution in [0, 0.1) is 13.8 Å². The second kappa shape index (κ2) is 4.71. The molecule has 0 spiro atoms. The number of hydrogen-bond donors (Lipinski definition) is 1. The van der Waals surface area contributed by atoms with Crippen molar-refractivity contribution in [2.45, 2.75) is 26.4 Å². The first-order valence-electron chi connectivity index (χ1n) is 6.67. The molecule has 1 heterocycles. The van der Waals surface area contributed by atoms with Crippen molar-refractivity contribution in [3.63, 3.8) is 0 Å². The minimum atomic E-state index is 0.306. The molecular formula is C17H19NO. The Morgan fingerprint density at radius 1 is 1.05 bits per heavy atom. The maximum atomic E-state index is 5.39. The molecule has 2 heteroatoms. The van der Waals surface area contributed by atoms with Crippen molar-refractivity contribution in [2.24, 2.45) is 0 Å². The topological polar surface area (TPSA) is 21.3 Å². The summed E-state index contributed by atoms with van der Waals surface area (Å²) in [6.07, 6.45) is 0. The first-order valence-corrected chi connectivity index (χ1v) is 6.67. The van der Waals surface area contributed by atoms with Crippen LogP contribution >= 0.6 is 0 Å². The molecule has 0 aromatic heterocycles. The highest BCUT2D eigenvalue weighted by Crippen LogP contribution is 2.34. The van der Waals surface area contributed by atoms with Crippen LogP contribution in [0.4, 0.5) is 0 Å². The average molecular weight is 253 g/mol. The Labute approximate surface area is 114 Å². The van der Waals surface area contributed by atoms with Gasteiger partial charge >= 0.3 is 0 Å². The first-order chi connectivity index (χ1) is 9.20. The molecule has 1 atom stereocenters. The largest absolute Gasteiger partial charge is 0.496 e. The molecule has 1 aliphatic heterocycles. The molecule has 1 N–H and O–H groups in total. The summed E-state index contributed by atoms with van der Waals surface area (Å²) in [6.45, 7) is 5.20. The van der Waals surface area contributed by atoms with Gasteiger partial charge in [0.05, 0.1) is 13.2 Å². The summed E-state index contributed by atoms with van der Waals surface area (Å²) in [5, 5.41) is 3.60. The van der Waals surface area contributed by atoms with E-state index in [2.05, 4.69) is 55.6 Å². The van der Waals surface area contributed by atoms with E-state index in [1.807, 2.05) is 0 Å². The van der Waals surface area contributed by atoms with Crippen LogP contribution in [0.2, 0.25) is 0 Å². The fourth-order valence-electron chi connectivity index (χ4n) is 2.92. The lowest BCUT2D eigenvalue weighted by atomic mass is 9.93. The van der Waals surface area contributed by atoms with Gasteiger partial charge in [-0.25, -0.2) is 0 Å². The quantitative estimate of drug-likeness (QED) is 0.884. The zero-order chi connectivity index (χ0) is 13.4. The van der Waals surface area contributed by atoms with Gasteiger partial charge in [-0.15, -0.1) is 0 Å². The monoisotopic (exact) mass is 253 g/mol. The Hall–Kier alpha value is -1.80. The Bertz CT molecular complexity index is 619. The van der Waals surface area contributed by atoms with Crippen LogP contribution in [0.1, 0.15) is 33.9 Å². The molecule has 2 nitrogen and oxygen atoms in total. The van der Waals surface area contributed by atoms with E-state index in [0.717, 1.165) is 12.3 Å². The highest BCUT2D eigenvalue weighted by Gasteiger charge is 2.24. The van der Waals surface area contributed by atoms with Crippen molar-refractivity contribution >= 4 is 0 Å².